The van der Waals surface area contributed by atoms with Gasteiger partial charge in [0.1, 0.15) is 0 Å². The molecule has 0 N–H and O–H groups in total. The minimum atomic E-state index is -0.0398. The molecule has 0 amide bonds. The van der Waals surface area contributed by atoms with Crippen LogP contribution >= 0.6 is 0 Å². The van der Waals surface area contributed by atoms with E-state index < -0.39 is 0 Å². The zero-order chi connectivity index (χ0) is 8.97. The Morgan fingerprint density at radius 3 is 2.83 bits per heavy atom. The Balaban J connectivity index is 2.40. The third kappa shape index (κ3) is 2.10. The molecule has 1 saturated carbocycles. The van der Waals surface area contributed by atoms with E-state index in [1.807, 2.05) is 6.92 Å². The van der Waals surface area contributed by atoms with E-state index in [9.17, 15) is 4.79 Å². The van der Waals surface area contributed by atoms with E-state index in [1.54, 1.807) is 0 Å². The minimum absolute atomic E-state index is 0.0398. The van der Waals surface area contributed by atoms with Crippen molar-refractivity contribution in [3.63, 3.8) is 0 Å². The van der Waals surface area contributed by atoms with E-state index in [0.717, 1.165) is 19.3 Å². The molecule has 0 aromatic rings. The Bertz CT molecular complexity index is 184. The molecule has 0 heterocycles. The fourth-order valence-electron chi connectivity index (χ4n) is 1.84. The molecule has 0 saturated heterocycles. The van der Waals surface area contributed by atoms with Crippen LogP contribution in [0.4, 0.5) is 0 Å². The summed E-state index contributed by atoms with van der Waals surface area (Å²) in [4.78, 5) is 11.1. The van der Waals surface area contributed by atoms with Crippen LogP contribution < -0.4 is 0 Å². The largest absolute Gasteiger partial charge is 0.469 e. The highest BCUT2D eigenvalue weighted by Gasteiger charge is 2.28. The van der Waals surface area contributed by atoms with E-state index >= 15 is 0 Å². The average molecular weight is 168 g/mol. The molecule has 0 unspecified atom stereocenters. The van der Waals surface area contributed by atoms with Gasteiger partial charge < -0.3 is 4.74 Å². The van der Waals surface area contributed by atoms with Gasteiger partial charge >= 0.3 is 5.97 Å². The van der Waals surface area contributed by atoms with Crippen molar-refractivity contribution in [2.24, 2.45) is 11.8 Å². The van der Waals surface area contributed by atoms with Gasteiger partial charge in [-0.25, -0.2) is 0 Å². The van der Waals surface area contributed by atoms with E-state index in [1.165, 1.54) is 7.11 Å². The first-order chi connectivity index (χ1) is 5.77. The molecule has 2 heteroatoms. The predicted octanol–water partition coefficient (Wildman–Crippen LogP) is 2.15. The van der Waals surface area contributed by atoms with Crippen LogP contribution in [0.15, 0.2) is 12.2 Å². The van der Waals surface area contributed by atoms with E-state index in [4.69, 9.17) is 4.74 Å². The van der Waals surface area contributed by atoms with Crippen molar-refractivity contribution in [1.82, 2.24) is 0 Å². The molecular weight excluding hydrogens is 152 g/mol. The number of carbonyl (C=O) groups is 1. The Morgan fingerprint density at radius 1 is 1.50 bits per heavy atom. The van der Waals surface area contributed by atoms with Crippen molar-refractivity contribution >= 4 is 5.97 Å². The quantitative estimate of drug-likeness (QED) is 0.466. The van der Waals surface area contributed by atoms with Gasteiger partial charge in [-0.2, -0.15) is 0 Å². The maximum atomic E-state index is 11.1. The van der Waals surface area contributed by atoms with E-state index in [0.29, 0.717) is 5.92 Å². The van der Waals surface area contributed by atoms with Crippen molar-refractivity contribution in [2.75, 3.05) is 7.11 Å². The van der Waals surface area contributed by atoms with Crippen LogP contribution in [-0.2, 0) is 9.53 Å². The van der Waals surface area contributed by atoms with Crippen molar-refractivity contribution in [2.45, 2.75) is 26.2 Å². The molecule has 0 aromatic carbocycles. The van der Waals surface area contributed by atoms with Crippen LogP contribution in [0.2, 0.25) is 0 Å². The van der Waals surface area contributed by atoms with Gasteiger partial charge in [0, 0.05) is 0 Å². The highest BCUT2D eigenvalue weighted by Crippen LogP contribution is 2.32. The Hall–Kier alpha value is -0.790. The lowest BCUT2D eigenvalue weighted by Crippen LogP contribution is -2.12. The second-order valence-electron chi connectivity index (χ2n) is 3.32. The highest BCUT2D eigenvalue weighted by molar-refractivity contribution is 5.72. The number of allylic oxidation sites excluding steroid dienone is 2. The lowest BCUT2D eigenvalue weighted by Gasteiger charge is -2.05. The molecule has 1 rings (SSSR count). The van der Waals surface area contributed by atoms with Crippen molar-refractivity contribution in [3.8, 4) is 0 Å². The Labute approximate surface area is 73.6 Å². The SMILES string of the molecule is CC=C[C@@H]1CC[C@@H](C(=O)OC)C1. The van der Waals surface area contributed by atoms with Gasteiger partial charge in [0.25, 0.3) is 0 Å². The van der Waals surface area contributed by atoms with Gasteiger partial charge in [0.15, 0.2) is 0 Å². The van der Waals surface area contributed by atoms with Crippen molar-refractivity contribution < 1.29 is 9.53 Å². The van der Waals surface area contributed by atoms with Gasteiger partial charge in [0.05, 0.1) is 13.0 Å². The Morgan fingerprint density at radius 2 is 2.25 bits per heavy atom. The standard InChI is InChI=1S/C10H16O2/c1-3-4-8-5-6-9(7-8)10(11)12-2/h3-4,8-9H,5-7H2,1-2H3/t8-,9-/m1/s1. The summed E-state index contributed by atoms with van der Waals surface area (Å²) in [6.07, 6.45) is 7.33. The highest BCUT2D eigenvalue weighted by atomic mass is 16.5. The van der Waals surface area contributed by atoms with Crippen LogP contribution in [0, 0.1) is 11.8 Å². The first kappa shape index (κ1) is 9.30. The normalized spacial score (nSPS) is 29.5. The molecule has 1 fully saturated rings. The second kappa shape index (κ2) is 4.29. The average Bonchev–Trinajstić information content (AvgIpc) is 2.52. The molecule has 1 aliphatic carbocycles. The lowest BCUT2D eigenvalue weighted by atomic mass is 10.1. The minimum Gasteiger partial charge on any atom is -0.469 e. The first-order valence-corrected chi connectivity index (χ1v) is 4.48. The van der Waals surface area contributed by atoms with Crippen LogP contribution in [-0.4, -0.2) is 13.1 Å². The van der Waals surface area contributed by atoms with Gasteiger partial charge in [-0.15, -0.1) is 0 Å². The van der Waals surface area contributed by atoms with Crippen LogP contribution in [0.3, 0.4) is 0 Å². The summed E-state index contributed by atoms with van der Waals surface area (Å²) in [5.41, 5.74) is 0. The van der Waals surface area contributed by atoms with Crippen LogP contribution in [0.5, 0.6) is 0 Å². The summed E-state index contributed by atoms with van der Waals surface area (Å²) in [6.45, 7) is 2.02. The molecule has 2 nitrogen and oxygen atoms in total. The maximum Gasteiger partial charge on any atom is 0.308 e. The topological polar surface area (TPSA) is 26.3 Å². The number of ether oxygens (including phenoxy) is 1. The fraction of sp³-hybridized carbons (Fsp3) is 0.700. The fourth-order valence-corrected chi connectivity index (χ4v) is 1.84. The second-order valence-corrected chi connectivity index (χ2v) is 3.32. The molecule has 12 heavy (non-hydrogen) atoms. The van der Waals surface area contributed by atoms with Gasteiger partial charge in [-0.3, -0.25) is 4.79 Å². The summed E-state index contributed by atoms with van der Waals surface area (Å²) in [7, 11) is 1.46. The smallest absolute Gasteiger partial charge is 0.308 e. The number of hydrogen-bond acceptors (Lipinski definition) is 2. The number of methoxy groups -OCH3 is 1. The first-order valence-electron chi connectivity index (χ1n) is 4.48. The number of esters is 1. The third-order valence-electron chi connectivity index (χ3n) is 2.47. The molecule has 0 bridgehead atoms. The van der Waals surface area contributed by atoms with Gasteiger partial charge in [0.2, 0.25) is 0 Å². The number of carbonyl (C=O) groups excluding carboxylic acids is 1. The summed E-state index contributed by atoms with van der Waals surface area (Å²) in [5, 5.41) is 0. The third-order valence-corrected chi connectivity index (χ3v) is 2.47. The molecular formula is C10H16O2. The van der Waals surface area contributed by atoms with Crippen molar-refractivity contribution in [3.05, 3.63) is 12.2 Å². The van der Waals surface area contributed by atoms with Crippen molar-refractivity contribution in [1.29, 1.82) is 0 Å². The van der Waals surface area contributed by atoms with Crippen LogP contribution in [0.25, 0.3) is 0 Å². The molecule has 0 spiro atoms. The molecule has 0 aromatic heterocycles. The van der Waals surface area contributed by atoms with E-state index in [2.05, 4.69) is 12.2 Å². The molecule has 2 atom stereocenters. The monoisotopic (exact) mass is 168 g/mol. The predicted molar refractivity (Wildman–Crippen MR) is 47.7 cm³/mol. The molecule has 0 radical (unpaired) electrons. The lowest BCUT2D eigenvalue weighted by molar-refractivity contribution is -0.145. The summed E-state index contributed by atoms with van der Waals surface area (Å²) < 4.78 is 4.70. The Kier molecular flexibility index (Phi) is 3.32. The zero-order valence-corrected chi connectivity index (χ0v) is 7.75. The molecule has 0 aliphatic heterocycles. The maximum absolute atomic E-state index is 11.1. The summed E-state index contributed by atoms with van der Waals surface area (Å²) in [5.74, 6) is 0.706. The molecule has 1 aliphatic rings. The summed E-state index contributed by atoms with van der Waals surface area (Å²) in [6, 6.07) is 0. The van der Waals surface area contributed by atoms with Gasteiger partial charge in [-0.1, -0.05) is 12.2 Å². The van der Waals surface area contributed by atoms with Crippen LogP contribution in [0.1, 0.15) is 26.2 Å². The molecule has 68 valence electrons. The summed E-state index contributed by atoms with van der Waals surface area (Å²) >= 11 is 0. The number of hydrogen-bond donors (Lipinski definition) is 0. The number of rotatable bonds is 2. The zero-order valence-electron chi connectivity index (χ0n) is 7.75. The van der Waals surface area contributed by atoms with E-state index in [-0.39, 0.29) is 11.9 Å². The van der Waals surface area contributed by atoms with Gasteiger partial charge in [-0.05, 0) is 32.1 Å².